The van der Waals surface area contributed by atoms with Crippen molar-refractivity contribution >= 4 is 0 Å². The van der Waals surface area contributed by atoms with Gasteiger partial charge in [-0.1, -0.05) is 6.08 Å². The van der Waals surface area contributed by atoms with Crippen molar-refractivity contribution in [1.82, 2.24) is 0 Å². The molecule has 0 aliphatic carbocycles. The van der Waals surface area contributed by atoms with Gasteiger partial charge in [0, 0.05) is 0 Å². The third kappa shape index (κ3) is 3.66. The van der Waals surface area contributed by atoms with Gasteiger partial charge >= 0.3 is 0 Å². The van der Waals surface area contributed by atoms with Crippen LogP contribution in [0.15, 0.2) is 12.2 Å². The van der Waals surface area contributed by atoms with E-state index in [1.807, 2.05) is 0 Å². The first-order valence-electron chi connectivity index (χ1n) is 1.71. The van der Waals surface area contributed by atoms with E-state index in [-0.39, 0.29) is 6.23 Å². The topological polar surface area (TPSA) is 46.2 Å². The third-order valence-electron chi connectivity index (χ3n) is 0.337. The van der Waals surface area contributed by atoms with Crippen molar-refractivity contribution in [3.63, 3.8) is 0 Å². The lowest BCUT2D eigenvalue weighted by molar-refractivity contribution is 0.337. The summed E-state index contributed by atoms with van der Waals surface area (Å²) in [5.74, 6) is 0. The molecule has 0 saturated heterocycles. The van der Waals surface area contributed by atoms with E-state index in [2.05, 4.69) is 0 Å². The molecule has 2 nitrogen and oxygen atoms in total. The van der Waals surface area contributed by atoms with Gasteiger partial charge in [0.05, 0.1) is 0 Å². The molecule has 0 aromatic carbocycles. The molecule has 0 aromatic heterocycles. The standard InChI is InChI=1S/C4H8NO/c1-2-3-4(5)6/h2-3,6H,5H2,1H3/b3-2+. The molecule has 3 N–H and O–H groups in total. The Kier molecular flexibility index (Phi) is 2.71. The van der Waals surface area contributed by atoms with E-state index in [1.54, 1.807) is 13.0 Å². The van der Waals surface area contributed by atoms with Gasteiger partial charge < -0.3 is 5.11 Å². The van der Waals surface area contributed by atoms with Crippen LogP contribution in [-0.2, 0) is 0 Å². The lowest BCUT2D eigenvalue weighted by Crippen LogP contribution is -2.02. The first-order chi connectivity index (χ1) is 2.77. The van der Waals surface area contributed by atoms with Crippen molar-refractivity contribution in [3.05, 3.63) is 18.4 Å². The maximum absolute atomic E-state index is 8.16. The molecule has 0 fully saturated rings. The summed E-state index contributed by atoms with van der Waals surface area (Å²) in [4.78, 5) is 0. The van der Waals surface area contributed by atoms with Crippen LogP contribution in [0.5, 0.6) is 0 Å². The van der Waals surface area contributed by atoms with Gasteiger partial charge in [-0.15, -0.1) is 0 Å². The van der Waals surface area contributed by atoms with Crippen LogP contribution in [0.3, 0.4) is 0 Å². The number of hydrogen-bond donors (Lipinski definition) is 2. The van der Waals surface area contributed by atoms with E-state index in [4.69, 9.17) is 10.8 Å². The second-order valence-corrected chi connectivity index (χ2v) is 0.925. The summed E-state index contributed by atoms with van der Waals surface area (Å²) < 4.78 is 0. The van der Waals surface area contributed by atoms with Gasteiger partial charge in [-0.05, 0) is 13.0 Å². The quantitative estimate of drug-likeness (QED) is 0.484. The second-order valence-electron chi connectivity index (χ2n) is 0.925. The molecule has 0 unspecified atom stereocenters. The number of nitrogens with two attached hydrogens (primary N) is 1. The predicted molar refractivity (Wildman–Crippen MR) is 24.2 cm³/mol. The minimum absolute atomic E-state index is 0.141. The number of rotatable bonds is 1. The molecule has 0 rings (SSSR count). The fourth-order valence-corrected chi connectivity index (χ4v) is 0.171. The van der Waals surface area contributed by atoms with Gasteiger partial charge in [-0.2, -0.15) is 0 Å². The maximum Gasteiger partial charge on any atom is 0.179 e. The largest absolute Gasteiger partial charge is 0.368 e. The van der Waals surface area contributed by atoms with Crippen LogP contribution >= 0.6 is 0 Å². The Bertz CT molecular complexity index is 49.5. The van der Waals surface area contributed by atoms with Crippen LogP contribution in [0, 0.1) is 6.23 Å². The van der Waals surface area contributed by atoms with E-state index in [0.29, 0.717) is 0 Å². The smallest absolute Gasteiger partial charge is 0.179 e. The summed E-state index contributed by atoms with van der Waals surface area (Å²) in [6.07, 6.45) is 2.94. The fraction of sp³-hybridized carbons (Fsp3) is 0.250. The molecule has 0 bridgehead atoms. The summed E-state index contributed by atoms with van der Waals surface area (Å²) in [7, 11) is 0. The minimum Gasteiger partial charge on any atom is -0.368 e. The average Bonchev–Trinajstić information content (AvgIpc) is 1.35. The molecule has 6 heavy (non-hydrogen) atoms. The fourth-order valence-electron chi connectivity index (χ4n) is 0.171. The van der Waals surface area contributed by atoms with Gasteiger partial charge in [0.15, 0.2) is 6.23 Å². The highest BCUT2D eigenvalue weighted by Gasteiger charge is 1.80. The molecule has 0 aliphatic heterocycles. The van der Waals surface area contributed by atoms with Crippen molar-refractivity contribution in [1.29, 1.82) is 0 Å². The first-order valence-corrected chi connectivity index (χ1v) is 1.71. The first kappa shape index (κ1) is 5.66. The van der Waals surface area contributed by atoms with Gasteiger partial charge in [-0.25, -0.2) is 0 Å². The molecule has 0 aromatic rings. The SMILES string of the molecule is C/C=C/[C](N)O. The number of aliphatic hydroxyl groups is 1. The summed E-state index contributed by atoms with van der Waals surface area (Å²) in [5.41, 5.74) is 4.79. The van der Waals surface area contributed by atoms with Crippen LogP contribution in [-0.4, -0.2) is 5.11 Å². The molecule has 35 valence electrons. The zero-order valence-electron chi connectivity index (χ0n) is 3.68. The number of hydrogen-bond acceptors (Lipinski definition) is 2. The van der Waals surface area contributed by atoms with Gasteiger partial charge in [0.1, 0.15) is 0 Å². The van der Waals surface area contributed by atoms with Crippen LogP contribution in [0.2, 0.25) is 0 Å². The normalized spacial score (nSPS) is 11.3. The van der Waals surface area contributed by atoms with Gasteiger partial charge in [0.25, 0.3) is 0 Å². The average molecular weight is 86.1 g/mol. The highest BCUT2D eigenvalue weighted by molar-refractivity contribution is 4.94. The van der Waals surface area contributed by atoms with E-state index >= 15 is 0 Å². The summed E-state index contributed by atoms with van der Waals surface area (Å²) >= 11 is 0. The molecule has 0 aliphatic rings. The summed E-state index contributed by atoms with van der Waals surface area (Å²) in [6.45, 7) is 1.78. The zero-order chi connectivity index (χ0) is 4.99. The monoisotopic (exact) mass is 86.1 g/mol. The van der Waals surface area contributed by atoms with E-state index in [0.717, 1.165) is 0 Å². The molecule has 0 atom stereocenters. The molecular weight excluding hydrogens is 78.0 g/mol. The van der Waals surface area contributed by atoms with Crippen molar-refractivity contribution in [2.45, 2.75) is 6.92 Å². The van der Waals surface area contributed by atoms with Crippen molar-refractivity contribution < 1.29 is 5.11 Å². The Morgan fingerprint density at radius 3 is 2.33 bits per heavy atom. The lowest BCUT2D eigenvalue weighted by atomic mass is 10.5. The third-order valence-corrected chi connectivity index (χ3v) is 0.337. The molecule has 0 spiro atoms. The molecule has 0 amide bonds. The Morgan fingerprint density at radius 2 is 2.33 bits per heavy atom. The van der Waals surface area contributed by atoms with Crippen molar-refractivity contribution in [3.8, 4) is 0 Å². The predicted octanol–water partition coefficient (Wildman–Crippen LogP) is 0.383. The molecule has 0 saturated carbocycles. The number of aliphatic hydroxyl groups excluding tert-OH is 1. The van der Waals surface area contributed by atoms with Gasteiger partial charge in [-0.3, -0.25) is 5.73 Å². The van der Waals surface area contributed by atoms with Gasteiger partial charge in [0.2, 0.25) is 0 Å². The summed E-state index contributed by atoms with van der Waals surface area (Å²) in [6, 6.07) is 0. The van der Waals surface area contributed by atoms with E-state index in [9.17, 15) is 0 Å². The number of allylic oxidation sites excluding steroid dienone is 1. The summed E-state index contributed by atoms with van der Waals surface area (Å²) in [5, 5.41) is 8.16. The Hall–Kier alpha value is -0.340. The van der Waals surface area contributed by atoms with Crippen LogP contribution in [0.25, 0.3) is 0 Å². The second kappa shape index (κ2) is 2.87. The van der Waals surface area contributed by atoms with Crippen LogP contribution < -0.4 is 5.73 Å². The highest BCUT2D eigenvalue weighted by Crippen LogP contribution is 1.79. The van der Waals surface area contributed by atoms with E-state index in [1.165, 1.54) is 6.08 Å². The Labute approximate surface area is 37.3 Å². The van der Waals surface area contributed by atoms with Crippen molar-refractivity contribution in [2.24, 2.45) is 5.73 Å². The highest BCUT2D eigenvalue weighted by atomic mass is 16.3. The Morgan fingerprint density at radius 1 is 1.83 bits per heavy atom. The molecule has 0 heterocycles. The van der Waals surface area contributed by atoms with Crippen LogP contribution in [0.1, 0.15) is 6.92 Å². The minimum atomic E-state index is -0.141. The van der Waals surface area contributed by atoms with Crippen molar-refractivity contribution in [2.75, 3.05) is 0 Å². The molecular formula is C4H8NO. The lowest BCUT2D eigenvalue weighted by Gasteiger charge is -1.85. The molecule has 1 radical (unpaired) electrons. The van der Waals surface area contributed by atoms with E-state index < -0.39 is 0 Å². The maximum atomic E-state index is 8.16. The Balaban J connectivity index is 3.03. The molecule has 2 heteroatoms. The zero-order valence-corrected chi connectivity index (χ0v) is 3.68. The van der Waals surface area contributed by atoms with Crippen LogP contribution in [0.4, 0.5) is 0 Å².